The van der Waals surface area contributed by atoms with Crippen LogP contribution < -0.4 is 10.6 Å². The highest BCUT2D eigenvalue weighted by Gasteiger charge is 2.21. The number of hydrogen-bond donors (Lipinski definition) is 4. The minimum Gasteiger partial charge on any atom is -0.340 e. The van der Waals surface area contributed by atoms with E-state index in [1.54, 1.807) is 42.7 Å². The van der Waals surface area contributed by atoms with E-state index >= 15 is 0 Å². The Bertz CT molecular complexity index is 2510. The van der Waals surface area contributed by atoms with Crippen molar-refractivity contribution in [3.8, 4) is 0 Å². The molecule has 0 unspecified atom stereocenters. The van der Waals surface area contributed by atoms with E-state index < -0.39 is 9.84 Å². The van der Waals surface area contributed by atoms with Crippen LogP contribution in [0.3, 0.4) is 0 Å². The zero-order chi connectivity index (χ0) is 32.7. The van der Waals surface area contributed by atoms with Gasteiger partial charge in [-0.05, 0) is 86.7 Å². The highest BCUT2D eigenvalue weighted by molar-refractivity contribution is 9.10. The molecule has 7 aromatic rings. The third-order valence-corrected chi connectivity index (χ3v) is 10.1. The molecule has 0 radical (unpaired) electrons. The van der Waals surface area contributed by atoms with E-state index in [2.05, 4.69) is 78.6 Å². The summed E-state index contributed by atoms with van der Waals surface area (Å²) in [7, 11) is -3.67. The van der Waals surface area contributed by atoms with Crippen molar-refractivity contribution in [2.45, 2.75) is 23.0 Å². The summed E-state index contributed by atoms with van der Waals surface area (Å²) in [5.41, 5.74) is 7.76. The largest absolute Gasteiger partial charge is 0.340 e. The minimum absolute atomic E-state index is 0.0818. The second kappa shape index (κ2) is 12.1. The summed E-state index contributed by atoms with van der Waals surface area (Å²) in [6, 6.07) is 24.0. The molecule has 12 nitrogen and oxygen atoms in total. The molecule has 0 bridgehead atoms. The summed E-state index contributed by atoms with van der Waals surface area (Å²) in [6.07, 6.45) is 6.69. The topological polar surface area (TPSA) is 166 Å². The van der Waals surface area contributed by atoms with Crippen LogP contribution in [0.1, 0.15) is 22.3 Å². The van der Waals surface area contributed by atoms with Gasteiger partial charge >= 0.3 is 0 Å². The summed E-state index contributed by atoms with van der Waals surface area (Å²) in [6.45, 7) is 1.48. The maximum Gasteiger partial charge on any atom is 0.221 e. The highest BCUT2D eigenvalue weighted by atomic mass is 79.9. The SMILES string of the molecule is Brc1cc2c(Nc3ccc4c(c3)C=NC4)ncnc2[nH]1.O=S(=O)(c1ccccc1)c1cc2c(Nc3ccc4c(c3)C=NC4)ncnc2[nH]1. The van der Waals surface area contributed by atoms with E-state index in [0.717, 1.165) is 50.5 Å². The lowest BCUT2D eigenvalue weighted by Crippen LogP contribution is -2.01. The lowest BCUT2D eigenvalue weighted by atomic mass is 10.1. The Labute approximate surface area is 282 Å². The van der Waals surface area contributed by atoms with E-state index in [0.29, 0.717) is 23.4 Å². The molecule has 6 heterocycles. The second-order valence-corrected chi connectivity index (χ2v) is 13.8. The van der Waals surface area contributed by atoms with Gasteiger partial charge in [0.2, 0.25) is 9.84 Å². The van der Waals surface area contributed by atoms with Crippen LogP contribution in [0.15, 0.2) is 116 Å². The Morgan fingerprint density at radius 1 is 0.646 bits per heavy atom. The summed E-state index contributed by atoms with van der Waals surface area (Å²) >= 11 is 3.42. The number of halogens is 1. The lowest BCUT2D eigenvalue weighted by molar-refractivity contribution is 0.593. The molecule has 0 aliphatic carbocycles. The zero-order valence-electron chi connectivity index (χ0n) is 25.0. The van der Waals surface area contributed by atoms with Crippen molar-refractivity contribution in [1.82, 2.24) is 29.9 Å². The predicted octanol–water partition coefficient (Wildman–Crippen LogP) is 6.86. The first-order valence-corrected chi connectivity index (χ1v) is 17.1. The van der Waals surface area contributed by atoms with Crippen molar-refractivity contribution in [1.29, 1.82) is 0 Å². The van der Waals surface area contributed by atoms with Crippen molar-refractivity contribution < 1.29 is 8.42 Å². The number of nitrogens with one attached hydrogen (secondary N) is 4. The molecule has 0 saturated carbocycles. The molecule has 3 aromatic carbocycles. The smallest absolute Gasteiger partial charge is 0.221 e. The number of aromatic nitrogens is 6. The molecule has 0 saturated heterocycles. The molecule has 4 aromatic heterocycles. The van der Waals surface area contributed by atoms with Crippen LogP contribution in [0.25, 0.3) is 22.1 Å². The predicted molar refractivity (Wildman–Crippen MR) is 189 cm³/mol. The Hall–Kier alpha value is -5.73. The zero-order valence-corrected chi connectivity index (χ0v) is 27.4. The van der Waals surface area contributed by atoms with Gasteiger partial charge in [0.1, 0.15) is 40.6 Å². The summed E-state index contributed by atoms with van der Waals surface area (Å²) < 4.78 is 26.7. The van der Waals surface area contributed by atoms with Gasteiger partial charge in [-0.2, -0.15) is 0 Å². The quantitative estimate of drug-likeness (QED) is 0.145. The molecule has 14 heteroatoms. The minimum atomic E-state index is -3.67. The number of fused-ring (bicyclic) bond motifs is 4. The van der Waals surface area contributed by atoms with Gasteiger partial charge in [-0.3, -0.25) is 9.98 Å². The fraction of sp³-hybridized carbons (Fsp3) is 0.0588. The molecule has 0 fully saturated rings. The van der Waals surface area contributed by atoms with E-state index in [-0.39, 0.29) is 9.92 Å². The van der Waals surface area contributed by atoms with Crippen LogP contribution in [-0.2, 0) is 22.9 Å². The van der Waals surface area contributed by atoms with Gasteiger partial charge in [0.05, 0.1) is 33.4 Å². The average molecular weight is 718 g/mol. The van der Waals surface area contributed by atoms with Crippen molar-refractivity contribution in [3.05, 3.63) is 118 Å². The molecule has 9 rings (SSSR count). The van der Waals surface area contributed by atoms with Gasteiger partial charge in [0, 0.05) is 23.8 Å². The van der Waals surface area contributed by atoms with Crippen LogP contribution in [0.2, 0.25) is 0 Å². The Morgan fingerprint density at radius 3 is 1.81 bits per heavy atom. The number of benzene rings is 3. The van der Waals surface area contributed by atoms with Crippen molar-refractivity contribution in [3.63, 3.8) is 0 Å². The summed E-state index contributed by atoms with van der Waals surface area (Å²) in [4.78, 5) is 31.8. The molecule has 48 heavy (non-hydrogen) atoms. The van der Waals surface area contributed by atoms with Crippen LogP contribution in [-0.4, -0.2) is 50.8 Å². The Morgan fingerprint density at radius 2 is 1.21 bits per heavy atom. The van der Waals surface area contributed by atoms with E-state index in [9.17, 15) is 8.42 Å². The van der Waals surface area contributed by atoms with Gasteiger partial charge in [-0.1, -0.05) is 30.3 Å². The fourth-order valence-electron chi connectivity index (χ4n) is 5.53. The Balaban J connectivity index is 0.000000148. The first-order valence-electron chi connectivity index (χ1n) is 14.8. The van der Waals surface area contributed by atoms with Crippen LogP contribution in [0.5, 0.6) is 0 Å². The maximum absolute atomic E-state index is 12.9. The number of hydrogen-bond acceptors (Lipinski definition) is 10. The van der Waals surface area contributed by atoms with E-state index in [1.807, 2.05) is 42.8 Å². The van der Waals surface area contributed by atoms with Crippen molar-refractivity contribution in [2.24, 2.45) is 9.98 Å². The van der Waals surface area contributed by atoms with Gasteiger partial charge in [-0.15, -0.1) is 0 Å². The standard InChI is InChI=1S/C20H15N5O2S.C14H10BrN5/c26-28(27,16-4-2-1-3-5-16)18-9-17-19(22-12-23-20(17)25-18)24-15-7-6-13-10-21-11-14(13)8-15;15-12-4-11-13(17-7-18-14(11)20-12)19-10-2-1-8-5-16-6-9(8)3-10/h1-9,11-12H,10H2,(H2,22,23,24,25);1-4,6-7H,5H2,(H2,17,18,19,20). The summed E-state index contributed by atoms with van der Waals surface area (Å²) in [5, 5.41) is 8.23. The van der Waals surface area contributed by atoms with E-state index in [1.165, 1.54) is 17.5 Å². The maximum atomic E-state index is 12.9. The van der Waals surface area contributed by atoms with E-state index in [4.69, 9.17) is 0 Å². The number of rotatable bonds is 6. The molecule has 0 atom stereocenters. The van der Waals surface area contributed by atoms with Gasteiger partial charge in [0.25, 0.3) is 0 Å². The van der Waals surface area contributed by atoms with Crippen LogP contribution in [0, 0.1) is 0 Å². The molecule has 236 valence electrons. The number of anilines is 4. The lowest BCUT2D eigenvalue weighted by Gasteiger charge is -2.07. The number of H-pyrrole nitrogens is 2. The van der Waals surface area contributed by atoms with Crippen LogP contribution in [0.4, 0.5) is 23.0 Å². The average Bonchev–Trinajstić information content (AvgIpc) is 3.91. The van der Waals surface area contributed by atoms with Gasteiger partial charge < -0.3 is 20.6 Å². The summed E-state index contributed by atoms with van der Waals surface area (Å²) in [5.74, 6) is 1.32. The number of nitrogens with zero attached hydrogens (tertiary/aromatic N) is 6. The van der Waals surface area contributed by atoms with Crippen molar-refractivity contribution >= 4 is 83.3 Å². The van der Waals surface area contributed by atoms with Crippen LogP contribution >= 0.6 is 15.9 Å². The van der Waals surface area contributed by atoms with Gasteiger partial charge in [0.15, 0.2) is 0 Å². The second-order valence-electron chi connectivity index (χ2n) is 11.1. The Kier molecular flexibility index (Phi) is 7.50. The normalized spacial score (nSPS) is 12.9. The number of aliphatic imine (C=N–C) groups is 2. The fourth-order valence-corrected chi connectivity index (χ4v) is 7.22. The highest BCUT2D eigenvalue weighted by Crippen LogP contribution is 2.30. The molecular weight excluding hydrogens is 692 g/mol. The number of aromatic amines is 2. The molecule has 2 aliphatic heterocycles. The molecule has 0 amide bonds. The first kappa shape index (κ1) is 29.7. The van der Waals surface area contributed by atoms with Crippen molar-refractivity contribution in [2.75, 3.05) is 10.6 Å². The molecule has 2 aliphatic rings. The first-order chi connectivity index (χ1) is 23.4. The third-order valence-electron chi connectivity index (χ3n) is 7.94. The molecule has 4 N–H and O–H groups in total. The van der Waals surface area contributed by atoms with Gasteiger partial charge in [-0.25, -0.2) is 28.4 Å². The third kappa shape index (κ3) is 5.71. The monoisotopic (exact) mass is 716 g/mol. The number of sulfone groups is 1. The molecular formula is C34H25BrN10O2S. The molecule has 0 spiro atoms.